The average Bonchev–Trinajstić information content (AvgIpc) is 3.25. The van der Waals surface area contributed by atoms with Crippen LogP contribution in [0.2, 0.25) is 0 Å². The molecule has 24 heavy (non-hydrogen) atoms. The van der Waals surface area contributed by atoms with Gasteiger partial charge in [0.25, 0.3) is 0 Å². The van der Waals surface area contributed by atoms with Gasteiger partial charge in [0.1, 0.15) is 23.6 Å². The van der Waals surface area contributed by atoms with Crippen LogP contribution in [-0.4, -0.2) is 31.6 Å². The Balaban J connectivity index is 1.58. The maximum atomic E-state index is 4.52. The third kappa shape index (κ3) is 2.74. The summed E-state index contributed by atoms with van der Waals surface area (Å²) in [7, 11) is 2.02. The normalized spacial score (nSPS) is 11.0. The van der Waals surface area contributed by atoms with Gasteiger partial charge in [0.05, 0.1) is 11.9 Å². The molecule has 0 saturated carbocycles. The van der Waals surface area contributed by atoms with E-state index in [1.165, 1.54) is 5.56 Å². The maximum absolute atomic E-state index is 4.52. The second-order valence-electron chi connectivity index (χ2n) is 5.75. The van der Waals surface area contributed by atoms with Crippen molar-refractivity contribution in [2.45, 2.75) is 13.1 Å². The lowest BCUT2D eigenvalue weighted by Gasteiger charge is -2.19. The summed E-state index contributed by atoms with van der Waals surface area (Å²) >= 11 is 0. The lowest BCUT2D eigenvalue weighted by molar-refractivity contribution is 0.705. The summed E-state index contributed by atoms with van der Waals surface area (Å²) in [6, 6.07) is 12.4. The first kappa shape index (κ1) is 14.4. The molecule has 0 aliphatic heterocycles. The molecule has 0 saturated heterocycles. The number of hydrogen-bond donors (Lipinski definition) is 1. The van der Waals surface area contributed by atoms with Crippen LogP contribution in [0.3, 0.4) is 0 Å². The number of benzene rings is 1. The molecule has 0 aliphatic carbocycles. The first-order valence-corrected chi connectivity index (χ1v) is 7.84. The van der Waals surface area contributed by atoms with Gasteiger partial charge in [-0.1, -0.05) is 30.3 Å². The van der Waals surface area contributed by atoms with Crippen molar-refractivity contribution >= 4 is 16.9 Å². The van der Waals surface area contributed by atoms with Crippen LogP contribution in [-0.2, 0) is 13.1 Å². The summed E-state index contributed by atoms with van der Waals surface area (Å²) in [5, 5.41) is 1.01. The Kier molecular flexibility index (Phi) is 3.70. The highest BCUT2D eigenvalue weighted by molar-refractivity contribution is 5.87. The Labute approximate surface area is 139 Å². The molecule has 0 aliphatic rings. The molecule has 3 aromatic heterocycles. The third-order valence-electron chi connectivity index (χ3n) is 4.07. The standard InChI is InChI=1S/C18H18N6/c1-23(18-15-7-8-20-17(15)21-13-22-18)12-16-19-9-10-24(16)11-14-5-3-2-4-6-14/h2-10,13H,11-12H2,1H3,(H,20,21,22). The molecule has 0 fully saturated rings. The molecule has 0 atom stereocenters. The first-order chi connectivity index (χ1) is 11.8. The van der Waals surface area contributed by atoms with Crippen LogP contribution in [0.4, 0.5) is 5.82 Å². The number of nitrogens with one attached hydrogen (secondary N) is 1. The number of aromatic nitrogens is 5. The Morgan fingerprint density at radius 1 is 1.08 bits per heavy atom. The summed E-state index contributed by atoms with van der Waals surface area (Å²) in [6.45, 7) is 1.49. The number of anilines is 1. The van der Waals surface area contributed by atoms with E-state index in [0.29, 0.717) is 6.54 Å². The maximum Gasteiger partial charge on any atom is 0.142 e. The molecule has 0 amide bonds. The average molecular weight is 318 g/mol. The van der Waals surface area contributed by atoms with Gasteiger partial charge in [-0.05, 0) is 11.6 Å². The zero-order valence-corrected chi connectivity index (χ0v) is 13.4. The number of aromatic amines is 1. The van der Waals surface area contributed by atoms with Crippen molar-refractivity contribution in [3.8, 4) is 0 Å². The van der Waals surface area contributed by atoms with E-state index in [-0.39, 0.29) is 0 Å². The first-order valence-electron chi connectivity index (χ1n) is 7.84. The number of H-pyrrole nitrogens is 1. The molecule has 0 unspecified atom stereocenters. The Morgan fingerprint density at radius 2 is 1.96 bits per heavy atom. The fraction of sp³-hybridized carbons (Fsp3) is 0.167. The highest BCUT2D eigenvalue weighted by atomic mass is 15.2. The van der Waals surface area contributed by atoms with Crippen molar-refractivity contribution in [2.75, 3.05) is 11.9 Å². The van der Waals surface area contributed by atoms with Gasteiger partial charge < -0.3 is 14.5 Å². The summed E-state index contributed by atoms with van der Waals surface area (Å²) in [6.07, 6.45) is 7.33. The fourth-order valence-corrected chi connectivity index (χ4v) is 2.87. The molecule has 0 bridgehead atoms. The van der Waals surface area contributed by atoms with E-state index in [4.69, 9.17) is 0 Å². The number of rotatable bonds is 5. The smallest absolute Gasteiger partial charge is 0.142 e. The van der Waals surface area contributed by atoms with Gasteiger partial charge in [0, 0.05) is 32.2 Å². The van der Waals surface area contributed by atoms with E-state index in [2.05, 4.69) is 53.7 Å². The van der Waals surface area contributed by atoms with Gasteiger partial charge in [0.2, 0.25) is 0 Å². The minimum Gasteiger partial charge on any atom is -0.352 e. The number of imidazole rings is 1. The minimum absolute atomic E-state index is 0.678. The van der Waals surface area contributed by atoms with Gasteiger partial charge in [-0.2, -0.15) is 0 Å². The van der Waals surface area contributed by atoms with Crippen LogP contribution in [0.5, 0.6) is 0 Å². The SMILES string of the molecule is CN(Cc1nccn1Cc1ccccc1)c1ncnc2[nH]ccc12. The number of hydrogen-bond acceptors (Lipinski definition) is 4. The largest absolute Gasteiger partial charge is 0.352 e. The van der Waals surface area contributed by atoms with E-state index >= 15 is 0 Å². The Bertz CT molecular complexity index is 940. The molecule has 4 rings (SSSR count). The second-order valence-corrected chi connectivity index (χ2v) is 5.75. The van der Waals surface area contributed by atoms with E-state index in [1.807, 2.05) is 37.8 Å². The molecular weight excluding hydrogens is 300 g/mol. The van der Waals surface area contributed by atoms with Crippen molar-refractivity contribution < 1.29 is 0 Å². The molecule has 0 spiro atoms. The monoisotopic (exact) mass is 318 g/mol. The molecule has 120 valence electrons. The van der Waals surface area contributed by atoms with Crippen LogP contribution in [0.1, 0.15) is 11.4 Å². The van der Waals surface area contributed by atoms with Crippen LogP contribution in [0.15, 0.2) is 61.3 Å². The van der Waals surface area contributed by atoms with Gasteiger partial charge in [-0.3, -0.25) is 0 Å². The topological polar surface area (TPSA) is 62.6 Å². The Morgan fingerprint density at radius 3 is 2.83 bits per heavy atom. The lowest BCUT2D eigenvalue weighted by Crippen LogP contribution is -2.21. The van der Waals surface area contributed by atoms with Gasteiger partial charge >= 0.3 is 0 Å². The van der Waals surface area contributed by atoms with E-state index in [0.717, 1.165) is 29.2 Å². The summed E-state index contributed by atoms with van der Waals surface area (Å²) < 4.78 is 2.17. The predicted molar refractivity (Wildman–Crippen MR) is 93.8 cm³/mol. The molecule has 3 heterocycles. The van der Waals surface area contributed by atoms with Crippen LogP contribution in [0, 0.1) is 0 Å². The van der Waals surface area contributed by atoms with Gasteiger partial charge in [-0.25, -0.2) is 15.0 Å². The van der Waals surface area contributed by atoms with Gasteiger partial charge in [0.15, 0.2) is 0 Å². The summed E-state index contributed by atoms with van der Waals surface area (Å²) in [5.41, 5.74) is 2.11. The predicted octanol–water partition coefficient (Wildman–Crippen LogP) is 2.84. The number of nitrogens with zero attached hydrogens (tertiary/aromatic N) is 5. The minimum atomic E-state index is 0.678. The summed E-state index contributed by atoms with van der Waals surface area (Å²) in [5.74, 6) is 1.90. The van der Waals surface area contributed by atoms with E-state index in [1.54, 1.807) is 6.33 Å². The molecule has 1 aromatic carbocycles. The highest BCUT2D eigenvalue weighted by Gasteiger charge is 2.12. The quantitative estimate of drug-likeness (QED) is 0.614. The van der Waals surface area contributed by atoms with Crippen molar-refractivity contribution in [1.82, 2.24) is 24.5 Å². The third-order valence-corrected chi connectivity index (χ3v) is 4.07. The zero-order valence-electron chi connectivity index (χ0n) is 13.4. The van der Waals surface area contributed by atoms with E-state index in [9.17, 15) is 0 Å². The molecule has 4 aromatic rings. The summed E-state index contributed by atoms with van der Waals surface area (Å²) in [4.78, 5) is 18.4. The second kappa shape index (κ2) is 6.16. The van der Waals surface area contributed by atoms with Crippen molar-refractivity contribution in [1.29, 1.82) is 0 Å². The van der Waals surface area contributed by atoms with Crippen molar-refractivity contribution in [3.63, 3.8) is 0 Å². The molecule has 6 heteroatoms. The van der Waals surface area contributed by atoms with Gasteiger partial charge in [-0.15, -0.1) is 0 Å². The molecule has 0 radical (unpaired) electrons. The molecular formula is C18H18N6. The Hall–Kier alpha value is -3.15. The molecule has 1 N–H and O–H groups in total. The van der Waals surface area contributed by atoms with Crippen molar-refractivity contribution in [2.24, 2.45) is 0 Å². The van der Waals surface area contributed by atoms with Crippen LogP contribution >= 0.6 is 0 Å². The van der Waals surface area contributed by atoms with Crippen LogP contribution in [0.25, 0.3) is 11.0 Å². The zero-order chi connectivity index (χ0) is 16.4. The highest BCUT2D eigenvalue weighted by Crippen LogP contribution is 2.22. The lowest BCUT2D eigenvalue weighted by atomic mass is 10.2. The number of fused-ring (bicyclic) bond motifs is 1. The van der Waals surface area contributed by atoms with E-state index < -0.39 is 0 Å². The molecule has 6 nitrogen and oxygen atoms in total. The van der Waals surface area contributed by atoms with Crippen molar-refractivity contribution in [3.05, 3.63) is 72.7 Å². The van der Waals surface area contributed by atoms with Crippen LogP contribution < -0.4 is 4.90 Å². The fourth-order valence-electron chi connectivity index (χ4n) is 2.87.